The fraction of sp³-hybridized carbons (Fsp3) is 0.733. The quantitative estimate of drug-likeness (QED) is 0.811. The number of aryl methyl sites for hydroxylation is 2. The molecule has 0 bridgehead atoms. The molecule has 1 fully saturated rings. The Hall–Kier alpha value is -1.76. The molecule has 7 nitrogen and oxygen atoms in total. The van der Waals surface area contributed by atoms with E-state index in [0.29, 0.717) is 5.92 Å². The third kappa shape index (κ3) is 3.52. The molecule has 0 aromatic carbocycles. The number of aromatic nitrogens is 6. The Labute approximate surface area is 131 Å². The third-order valence-corrected chi connectivity index (χ3v) is 4.35. The summed E-state index contributed by atoms with van der Waals surface area (Å²) in [6, 6.07) is 2.14. The second-order valence-electron chi connectivity index (χ2n) is 6.16. The van der Waals surface area contributed by atoms with Crippen LogP contribution in [0.3, 0.4) is 0 Å². The molecule has 120 valence electrons. The molecule has 0 amide bonds. The van der Waals surface area contributed by atoms with E-state index in [1.165, 1.54) is 18.5 Å². The topological polar surface area (TPSA) is 64.7 Å². The highest BCUT2D eigenvalue weighted by molar-refractivity contribution is 5.08. The van der Waals surface area contributed by atoms with E-state index in [2.05, 4.69) is 38.5 Å². The van der Waals surface area contributed by atoms with Gasteiger partial charge in [-0.15, -0.1) is 5.10 Å². The Balaban J connectivity index is 1.62. The van der Waals surface area contributed by atoms with Crippen molar-refractivity contribution in [3.63, 3.8) is 0 Å². The molecule has 1 aliphatic heterocycles. The van der Waals surface area contributed by atoms with Gasteiger partial charge < -0.3 is 0 Å². The normalized spacial score (nSPS) is 19.6. The van der Waals surface area contributed by atoms with E-state index in [-0.39, 0.29) is 0 Å². The van der Waals surface area contributed by atoms with Gasteiger partial charge in [0.1, 0.15) is 0 Å². The van der Waals surface area contributed by atoms with Gasteiger partial charge in [0.2, 0.25) is 0 Å². The van der Waals surface area contributed by atoms with E-state index < -0.39 is 0 Å². The molecule has 3 rings (SSSR count). The molecule has 2 aromatic heterocycles. The summed E-state index contributed by atoms with van der Waals surface area (Å²) in [4.78, 5) is 2.46. The van der Waals surface area contributed by atoms with E-state index in [9.17, 15) is 0 Å². The third-order valence-electron chi connectivity index (χ3n) is 4.35. The Kier molecular flexibility index (Phi) is 4.82. The number of nitrogens with zero attached hydrogens (tertiary/aromatic N) is 7. The van der Waals surface area contributed by atoms with Crippen molar-refractivity contribution >= 4 is 0 Å². The molecule has 7 heteroatoms. The van der Waals surface area contributed by atoms with E-state index >= 15 is 0 Å². The number of rotatable bonds is 6. The second-order valence-corrected chi connectivity index (χ2v) is 6.16. The van der Waals surface area contributed by atoms with Crippen LogP contribution in [0.15, 0.2) is 12.3 Å². The molecule has 0 aliphatic carbocycles. The van der Waals surface area contributed by atoms with Gasteiger partial charge in [0, 0.05) is 32.3 Å². The highest BCUT2D eigenvalue weighted by Gasteiger charge is 2.24. The van der Waals surface area contributed by atoms with Crippen molar-refractivity contribution in [2.75, 3.05) is 13.1 Å². The van der Waals surface area contributed by atoms with Gasteiger partial charge in [0.05, 0.1) is 12.2 Å². The zero-order valence-electron chi connectivity index (χ0n) is 13.5. The highest BCUT2D eigenvalue weighted by atomic mass is 15.5. The van der Waals surface area contributed by atoms with Crippen LogP contribution >= 0.6 is 0 Å². The molecule has 1 atom stereocenters. The van der Waals surface area contributed by atoms with Crippen LogP contribution in [0.2, 0.25) is 0 Å². The van der Waals surface area contributed by atoms with Gasteiger partial charge in [0.25, 0.3) is 0 Å². The maximum atomic E-state index is 4.57. The van der Waals surface area contributed by atoms with Crippen molar-refractivity contribution in [3.05, 3.63) is 23.8 Å². The van der Waals surface area contributed by atoms with E-state index in [4.69, 9.17) is 0 Å². The molecule has 22 heavy (non-hydrogen) atoms. The standard InChI is InChI=1S/C15H25N7/c1-3-4-9-22-15(16-18-19-22)12-21-8-5-6-13(11-21)14-7-10-20(2)17-14/h7,10,13H,3-6,8-9,11-12H2,1-2H3. The largest absolute Gasteiger partial charge is 0.295 e. The zero-order valence-corrected chi connectivity index (χ0v) is 13.5. The first-order valence-electron chi connectivity index (χ1n) is 8.23. The lowest BCUT2D eigenvalue weighted by Gasteiger charge is -2.31. The number of hydrogen-bond acceptors (Lipinski definition) is 5. The predicted octanol–water partition coefficient (Wildman–Crippen LogP) is 1.59. The van der Waals surface area contributed by atoms with Crippen molar-refractivity contribution in [2.45, 2.75) is 51.6 Å². The van der Waals surface area contributed by atoms with Gasteiger partial charge in [-0.1, -0.05) is 13.3 Å². The van der Waals surface area contributed by atoms with E-state index in [0.717, 1.165) is 44.8 Å². The van der Waals surface area contributed by atoms with Gasteiger partial charge in [-0.3, -0.25) is 9.58 Å². The van der Waals surface area contributed by atoms with Crippen LogP contribution in [0.4, 0.5) is 0 Å². The molecule has 0 radical (unpaired) electrons. The fourth-order valence-electron chi connectivity index (χ4n) is 3.11. The molecule has 1 aliphatic rings. The van der Waals surface area contributed by atoms with Crippen LogP contribution in [0.5, 0.6) is 0 Å². The Bertz CT molecular complexity index is 588. The molecule has 3 heterocycles. The van der Waals surface area contributed by atoms with Crippen LogP contribution in [0.1, 0.15) is 50.0 Å². The maximum absolute atomic E-state index is 4.57. The smallest absolute Gasteiger partial charge is 0.165 e. The van der Waals surface area contributed by atoms with Crippen LogP contribution in [-0.4, -0.2) is 48.0 Å². The van der Waals surface area contributed by atoms with Crippen molar-refractivity contribution in [1.82, 2.24) is 34.9 Å². The van der Waals surface area contributed by atoms with E-state index in [1.54, 1.807) is 0 Å². The van der Waals surface area contributed by atoms with Crippen LogP contribution in [0, 0.1) is 0 Å². The molecule has 0 N–H and O–H groups in total. The SMILES string of the molecule is CCCCn1nnnc1CN1CCCC(c2ccn(C)n2)C1. The monoisotopic (exact) mass is 303 g/mol. The van der Waals surface area contributed by atoms with Crippen molar-refractivity contribution in [2.24, 2.45) is 7.05 Å². The van der Waals surface area contributed by atoms with Crippen molar-refractivity contribution < 1.29 is 0 Å². The average molecular weight is 303 g/mol. The predicted molar refractivity (Wildman–Crippen MR) is 83.2 cm³/mol. The van der Waals surface area contributed by atoms with Gasteiger partial charge in [-0.2, -0.15) is 5.10 Å². The lowest BCUT2D eigenvalue weighted by atomic mass is 9.95. The molecule has 1 unspecified atom stereocenters. The molecule has 0 spiro atoms. The summed E-state index contributed by atoms with van der Waals surface area (Å²) in [5, 5.41) is 16.7. The fourth-order valence-corrected chi connectivity index (χ4v) is 3.11. The minimum atomic E-state index is 0.523. The number of hydrogen-bond donors (Lipinski definition) is 0. The molecular weight excluding hydrogens is 278 g/mol. The van der Waals surface area contributed by atoms with Crippen molar-refractivity contribution in [1.29, 1.82) is 0 Å². The Morgan fingerprint density at radius 3 is 3.05 bits per heavy atom. The summed E-state index contributed by atoms with van der Waals surface area (Å²) < 4.78 is 3.84. The van der Waals surface area contributed by atoms with Gasteiger partial charge in [0.15, 0.2) is 5.82 Å². The zero-order chi connectivity index (χ0) is 15.4. The summed E-state index contributed by atoms with van der Waals surface area (Å²) in [7, 11) is 1.98. The Morgan fingerprint density at radius 1 is 1.36 bits per heavy atom. The second kappa shape index (κ2) is 7.00. The summed E-state index contributed by atoms with van der Waals surface area (Å²) in [5.41, 5.74) is 1.21. The lowest BCUT2D eigenvalue weighted by Crippen LogP contribution is -2.35. The number of tetrazole rings is 1. The summed E-state index contributed by atoms with van der Waals surface area (Å²) in [6.07, 6.45) is 6.73. The first-order chi connectivity index (χ1) is 10.8. The molecule has 0 saturated carbocycles. The summed E-state index contributed by atoms with van der Waals surface area (Å²) in [5.74, 6) is 1.50. The molecular formula is C15H25N7. The summed E-state index contributed by atoms with van der Waals surface area (Å²) in [6.45, 7) is 6.09. The first kappa shape index (κ1) is 15.1. The van der Waals surface area contributed by atoms with Crippen LogP contribution in [0.25, 0.3) is 0 Å². The highest BCUT2D eigenvalue weighted by Crippen LogP contribution is 2.26. The number of unbranched alkanes of at least 4 members (excludes halogenated alkanes) is 1. The lowest BCUT2D eigenvalue weighted by molar-refractivity contribution is 0.190. The Morgan fingerprint density at radius 2 is 2.27 bits per heavy atom. The minimum Gasteiger partial charge on any atom is -0.295 e. The van der Waals surface area contributed by atoms with Crippen LogP contribution in [-0.2, 0) is 20.1 Å². The molecule has 1 saturated heterocycles. The first-order valence-corrected chi connectivity index (χ1v) is 8.23. The van der Waals surface area contributed by atoms with E-state index in [1.807, 2.05) is 22.6 Å². The number of likely N-dealkylation sites (tertiary alicyclic amines) is 1. The average Bonchev–Trinajstić information content (AvgIpc) is 3.15. The van der Waals surface area contributed by atoms with Gasteiger partial charge in [-0.25, -0.2) is 4.68 Å². The maximum Gasteiger partial charge on any atom is 0.165 e. The van der Waals surface area contributed by atoms with Crippen molar-refractivity contribution in [3.8, 4) is 0 Å². The molecule has 2 aromatic rings. The number of piperidine rings is 1. The summed E-state index contributed by atoms with van der Waals surface area (Å²) >= 11 is 0. The van der Waals surface area contributed by atoms with Gasteiger partial charge >= 0.3 is 0 Å². The van der Waals surface area contributed by atoms with Crippen LogP contribution < -0.4 is 0 Å². The minimum absolute atomic E-state index is 0.523. The van der Waals surface area contributed by atoms with Gasteiger partial charge in [-0.05, 0) is 42.3 Å².